The van der Waals surface area contributed by atoms with Crippen LogP contribution < -0.4 is 0 Å². The molecule has 4 heteroatoms. The number of halogens is 1. The minimum atomic E-state index is -0.380. The van der Waals surface area contributed by atoms with Crippen molar-refractivity contribution in [2.45, 2.75) is 13.3 Å². The molecule has 1 saturated heterocycles. The van der Waals surface area contributed by atoms with Crippen molar-refractivity contribution in [1.29, 1.82) is 0 Å². The van der Waals surface area contributed by atoms with Gasteiger partial charge in [0.05, 0.1) is 5.56 Å². The van der Waals surface area contributed by atoms with Crippen molar-refractivity contribution < 1.29 is 9.18 Å². The van der Waals surface area contributed by atoms with Crippen molar-refractivity contribution in [3.8, 4) is 0 Å². The van der Waals surface area contributed by atoms with Gasteiger partial charge in [0.25, 0.3) is 5.91 Å². The standard InChI is InChI=1S/C13H16FNOS/c1-10-4-2-5-11(12(10)14)13(16)15-6-3-8-17-9-7-15/h2,4-5H,3,6-9H2,1H3. The summed E-state index contributed by atoms with van der Waals surface area (Å²) in [5, 5.41) is 0. The van der Waals surface area contributed by atoms with E-state index in [0.717, 1.165) is 31.0 Å². The zero-order valence-corrected chi connectivity index (χ0v) is 10.7. The Morgan fingerprint density at radius 2 is 2.18 bits per heavy atom. The van der Waals surface area contributed by atoms with Crippen LogP contribution in [0, 0.1) is 12.7 Å². The summed E-state index contributed by atoms with van der Waals surface area (Å²) in [6.07, 6.45) is 0.990. The second kappa shape index (κ2) is 5.54. The maximum Gasteiger partial charge on any atom is 0.256 e. The van der Waals surface area contributed by atoms with Gasteiger partial charge >= 0.3 is 0 Å². The first-order valence-corrected chi connectivity index (χ1v) is 6.98. The van der Waals surface area contributed by atoms with E-state index in [-0.39, 0.29) is 17.3 Å². The second-order valence-corrected chi connectivity index (χ2v) is 5.42. The van der Waals surface area contributed by atoms with Crippen molar-refractivity contribution in [1.82, 2.24) is 4.90 Å². The molecule has 17 heavy (non-hydrogen) atoms. The second-order valence-electron chi connectivity index (χ2n) is 4.19. The molecule has 1 aliphatic rings. The van der Waals surface area contributed by atoms with E-state index >= 15 is 0 Å². The Kier molecular flexibility index (Phi) is 4.05. The Balaban J connectivity index is 2.20. The van der Waals surface area contributed by atoms with Gasteiger partial charge in [0, 0.05) is 18.8 Å². The number of nitrogens with zero attached hydrogens (tertiary/aromatic N) is 1. The number of carbonyl (C=O) groups is 1. The Morgan fingerprint density at radius 1 is 1.35 bits per heavy atom. The molecule has 1 aromatic carbocycles. The third-order valence-electron chi connectivity index (χ3n) is 2.93. The number of aryl methyl sites for hydroxylation is 1. The van der Waals surface area contributed by atoms with Gasteiger partial charge in [-0.05, 0) is 30.7 Å². The molecule has 2 nitrogen and oxygen atoms in total. The van der Waals surface area contributed by atoms with Gasteiger partial charge in [0.2, 0.25) is 0 Å². The van der Waals surface area contributed by atoms with E-state index in [2.05, 4.69) is 0 Å². The lowest BCUT2D eigenvalue weighted by molar-refractivity contribution is 0.0763. The molecule has 1 fully saturated rings. The summed E-state index contributed by atoms with van der Waals surface area (Å²) < 4.78 is 13.9. The Labute approximate surface area is 105 Å². The van der Waals surface area contributed by atoms with Crippen molar-refractivity contribution in [2.24, 2.45) is 0 Å². The molecule has 0 N–H and O–H groups in total. The van der Waals surface area contributed by atoms with Gasteiger partial charge in [-0.15, -0.1) is 0 Å². The highest BCUT2D eigenvalue weighted by atomic mass is 32.2. The third kappa shape index (κ3) is 2.80. The number of rotatable bonds is 1. The molecule has 1 aliphatic heterocycles. The van der Waals surface area contributed by atoms with Gasteiger partial charge < -0.3 is 4.90 Å². The molecule has 92 valence electrons. The smallest absolute Gasteiger partial charge is 0.256 e. The lowest BCUT2D eigenvalue weighted by Gasteiger charge is -2.20. The van der Waals surface area contributed by atoms with Gasteiger partial charge in [0.15, 0.2) is 0 Å². The summed E-state index contributed by atoms with van der Waals surface area (Å²) in [5.74, 6) is 1.47. The Hall–Kier alpha value is -1.03. The van der Waals surface area contributed by atoms with Crippen LogP contribution >= 0.6 is 11.8 Å². The van der Waals surface area contributed by atoms with Crippen LogP contribution in [0.25, 0.3) is 0 Å². The molecule has 0 aromatic heterocycles. The molecule has 0 saturated carbocycles. The van der Waals surface area contributed by atoms with E-state index in [9.17, 15) is 9.18 Å². The molecule has 0 spiro atoms. The van der Waals surface area contributed by atoms with E-state index < -0.39 is 0 Å². The predicted octanol–water partition coefficient (Wildman–Crippen LogP) is 2.71. The molecule has 0 bridgehead atoms. The fourth-order valence-corrected chi connectivity index (χ4v) is 2.82. The van der Waals surface area contributed by atoms with Crippen LogP contribution in [-0.2, 0) is 0 Å². The maximum absolute atomic E-state index is 13.9. The van der Waals surface area contributed by atoms with Crippen molar-refractivity contribution >= 4 is 17.7 Å². The van der Waals surface area contributed by atoms with Crippen LogP contribution in [-0.4, -0.2) is 35.4 Å². The number of hydrogen-bond donors (Lipinski definition) is 0. The van der Waals surface area contributed by atoms with Gasteiger partial charge in [-0.3, -0.25) is 4.79 Å². The number of thioether (sulfide) groups is 1. The monoisotopic (exact) mass is 253 g/mol. The zero-order valence-electron chi connectivity index (χ0n) is 9.91. The highest BCUT2D eigenvalue weighted by Crippen LogP contribution is 2.17. The summed E-state index contributed by atoms with van der Waals surface area (Å²) in [6, 6.07) is 4.99. The summed E-state index contributed by atoms with van der Waals surface area (Å²) in [4.78, 5) is 14.0. The SMILES string of the molecule is Cc1cccc(C(=O)N2CCCSCC2)c1F. The highest BCUT2D eigenvalue weighted by Gasteiger charge is 2.20. The van der Waals surface area contributed by atoms with E-state index in [1.165, 1.54) is 0 Å². The third-order valence-corrected chi connectivity index (χ3v) is 3.98. The summed E-state index contributed by atoms with van der Waals surface area (Å²) in [7, 11) is 0. The highest BCUT2D eigenvalue weighted by molar-refractivity contribution is 7.99. The van der Waals surface area contributed by atoms with Crippen LogP contribution in [0.1, 0.15) is 22.3 Å². The van der Waals surface area contributed by atoms with Crippen LogP contribution in [0.15, 0.2) is 18.2 Å². The minimum Gasteiger partial charge on any atom is -0.338 e. The zero-order chi connectivity index (χ0) is 12.3. The fraction of sp³-hybridized carbons (Fsp3) is 0.462. The molecule has 0 aliphatic carbocycles. The number of carbonyl (C=O) groups excluding carboxylic acids is 1. The van der Waals surface area contributed by atoms with E-state index in [4.69, 9.17) is 0 Å². The Morgan fingerprint density at radius 3 is 3.00 bits per heavy atom. The quantitative estimate of drug-likeness (QED) is 0.767. The first-order valence-electron chi connectivity index (χ1n) is 5.82. The van der Waals surface area contributed by atoms with Crippen molar-refractivity contribution in [3.05, 3.63) is 35.1 Å². The fourth-order valence-electron chi connectivity index (χ4n) is 1.93. The first kappa shape index (κ1) is 12.4. The van der Waals surface area contributed by atoms with Crippen LogP contribution in [0.5, 0.6) is 0 Å². The number of benzene rings is 1. The predicted molar refractivity (Wildman–Crippen MR) is 69.0 cm³/mol. The van der Waals surface area contributed by atoms with Gasteiger partial charge in [-0.1, -0.05) is 12.1 Å². The molecule has 1 aromatic rings. The maximum atomic E-state index is 13.9. The number of hydrogen-bond acceptors (Lipinski definition) is 2. The van der Waals surface area contributed by atoms with Crippen LogP contribution in [0.2, 0.25) is 0 Å². The van der Waals surface area contributed by atoms with Crippen molar-refractivity contribution in [2.75, 3.05) is 24.6 Å². The van der Waals surface area contributed by atoms with Gasteiger partial charge in [-0.25, -0.2) is 4.39 Å². The van der Waals surface area contributed by atoms with Crippen LogP contribution in [0.3, 0.4) is 0 Å². The largest absolute Gasteiger partial charge is 0.338 e. The lowest BCUT2D eigenvalue weighted by atomic mass is 10.1. The lowest BCUT2D eigenvalue weighted by Crippen LogP contribution is -2.33. The van der Waals surface area contributed by atoms with Crippen LogP contribution in [0.4, 0.5) is 4.39 Å². The first-order chi connectivity index (χ1) is 8.20. The summed E-state index contributed by atoms with van der Waals surface area (Å²) in [6.45, 7) is 3.14. The minimum absolute atomic E-state index is 0.172. The van der Waals surface area contributed by atoms with E-state index in [0.29, 0.717) is 5.56 Å². The molecule has 1 heterocycles. The molecule has 0 unspecified atom stereocenters. The molecular formula is C13H16FNOS. The van der Waals surface area contributed by atoms with E-state index in [1.807, 2.05) is 11.8 Å². The van der Waals surface area contributed by atoms with Gasteiger partial charge in [-0.2, -0.15) is 11.8 Å². The molecule has 2 rings (SSSR count). The Bertz CT molecular complexity index is 414. The molecule has 0 radical (unpaired) electrons. The molecular weight excluding hydrogens is 237 g/mol. The average molecular weight is 253 g/mol. The molecule has 0 atom stereocenters. The summed E-state index contributed by atoms with van der Waals surface area (Å²) >= 11 is 1.85. The number of amides is 1. The average Bonchev–Trinajstić information content (AvgIpc) is 2.60. The topological polar surface area (TPSA) is 20.3 Å². The van der Waals surface area contributed by atoms with Gasteiger partial charge in [0.1, 0.15) is 5.82 Å². The van der Waals surface area contributed by atoms with E-state index in [1.54, 1.807) is 30.0 Å². The van der Waals surface area contributed by atoms with Crippen molar-refractivity contribution in [3.63, 3.8) is 0 Å². The summed E-state index contributed by atoms with van der Waals surface area (Å²) in [5.41, 5.74) is 0.733. The normalized spacial score (nSPS) is 16.7. The molecule has 1 amide bonds.